The summed E-state index contributed by atoms with van der Waals surface area (Å²) in [6.07, 6.45) is 4.68. The van der Waals surface area contributed by atoms with E-state index in [4.69, 9.17) is 5.11 Å². The van der Waals surface area contributed by atoms with Gasteiger partial charge in [-0.2, -0.15) is 0 Å². The van der Waals surface area contributed by atoms with Crippen molar-refractivity contribution < 1.29 is 5.11 Å². The molecule has 0 bridgehead atoms. The molecule has 0 amide bonds. The first-order valence-electron chi connectivity index (χ1n) is 7.11. The lowest BCUT2D eigenvalue weighted by Gasteiger charge is -2.24. The molecule has 2 nitrogen and oxygen atoms in total. The number of hydrogen-bond donors (Lipinski definition) is 1. The van der Waals surface area contributed by atoms with Crippen LogP contribution < -0.4 is 0 Å². The van der Waals surface area contributed by atoms with Gasteiger partial charge in [0.2, 0.25) is 0 Å². The van der Waals surface area contributed by atoms with E-state index in [2.05, 4.69) is 36.9 Å². The maximum Gasteiger partial charge on any atom is 0.0431 e. The van der Waals surface area contributed by atoms with Gasteiger partial charge in [0.05, 0.1) is 0 Å². The van der Waals surface area contributed by atoms with E-state index >= 15 is 0 Å². The first-order valence-corrected chi connectivity index (χ1v) is 7.11. The fourth-order valence-corrected chi connectivity index (χ4v) is 3.15. The summed E-state index contributed by atoms with van der Waals surface area (Å²) in [5.41, 5.74) is 4.15. The van der Waals surface area contributed by atoms with E-state index in [1.165, 1.54) is 36.1 Å². The van der Waals surface area contributed by atoms with Crippen molar-refractivity contribution in [2.45, 2.75) is 52.1 Å². The topological polar surface area (TPSA) is 23.5 Å². The van der Waals surface area contributed by atoms with Crippen molar-refractivity contribution in [2.24, 2.45) is 0 Å². The summed E-state index contributed by atoms with van der Waals surface area (Å²) in [6.45, 7) is 6.95. The van der Waals surface area contributed by atoms with Gasteiger partial charge in [0.15, 0.2) is 0 Å². The fourth-order valence-electron chi connectivity index (χ4n) is 3.15. The summed E-state index contributed by atoms with van der Waals surface area (Å²) in [5.74, 6) is 0. The molecule has 1 saturated heterocycles. The first kappa shape index (κ1) is 13.6. The Kier molecular flexibility index (Phi) is 4.79. The quantitative estimate of drug-likeness (QED) is 0.864. The van der Waals surface area contributed by atoms with Crippen LogP contribution in [0.2, 0.25) is 0 Å². The van der Waals surface area contributed by atoms with Crippen molar-refractivity contribution in [1.82, 2.24) is 4.90 Å². The van der Waals surface area contributed by atoms with Crippen LogP contribution in [0.25, 0.3) is 0 Å². The molecule has 0 spiro atoms. The minimum atomic E-state index is 0.327. The summed E-state index contributed by atoms with van der Waals surface area (Å²) in [5, 5.41) is 8.96. The second-order valence-corrected chi connectivity index (χ2v) is 5.63. The van der Waals surface area contributed by atoms with Gasteiger partial charge in [0.25, 0.3) is 0 Å². The van der Waals surface area contributed by atoms with E-state index in [9.17, 15) is 0 Å². The Balaban J connectivity index is 1.98. The van der Waals surface area contributed by atoms with Crippen LogP contribution in [-0.2, 0) is 6.54 Å². The number of aliphatic hydroxyl groups is 1. The summed E-state index contributed by atoms with van der Waals surface area (Å²) in [4.78, 5) is 2.59. The molecule has 2 rings (SSSR count). The molecule has 18 heavy (non-hydrogen) atoms. The minimum Gasteiger partial charge on any atom is -0.396 e. The molecular weight excluding hydrogens is 222 g/mol. The SMILES string of the molecule is Cc1cc(C)cc(CN2CCCC2CCCO)c1. The average Bonchev–Trinajstić information content (AvgIpc) is 2.72. The molecule has 0 radical (unpaired) electrons. The highest BCUT2D eigenvalue weighted by Crippen LogP contribution is 2.24. The molecule has 1 aliphatic rings. The van der Waals surface area contributed by atoms with Crippen molar-refractivity contribution in [1.29, 1.82) is 0 Å². The number of likely N-dealkylation sites (tertiary alicyclic amines) is 1. The van der Waals surface area contributed by atoms with E-state index in [0.717, 1.165) is 19.4 Å². The van der Waals surface area contributed by atoms with Crippen molar-refractivity contribution in [2.75, 3.05) is 13.2 Å². The Labute approximate surface area is 111 Å². The monoisotopic (exact) mass is 247 g/mol. The standard InChI is InChI=1S/C16H25NO/c1-13-9-14(2)11-15(10-13)12-17-7-3-5-16(17)6-4-8-18/h9-11,16,18H,3-8,12H2,1-2H3. The lowest BCUT2D eigenvalue weighted by atomic mass is 10.1. The first-order chi connectivity index (χ1) is 8.69. The van der Waals surface area contributed by atoms with Gasteiger partial charge in [-0.25, -0.2) is 0 Å². The molecule has 0 aromatic heterocycles. The largest absolute Gasteiger partial charge is 0.396 e. The lowest BCUT2D eigenvalue weighted by molar-refractivity contribution is 0.210. The zero-order chi connectivity index (χ0) is 13.0. The molecule has 1 fully saturated rings. The molecule has 2 heteroatoms. The number of rotatable bonds is 5. The van der Waals surface area contributed by atoms with Gasteiger partial charge in [-0.15, -0.1) is 0 Å². The molecule has 0 saturated carbocycles. The van der Waals surface area contributed by atoms with E-state index < -0.39 is 0 Å². The molecule has 100 valence electrons. The molecule has 1 N–H and O–H groups in total. The molecular formula is C16H25NO. The van der Waals surface area contributed by atoms with Gasteiger partial charge in [0.1, 0.15) is 0 Å². The zero-order valence-electron chi connectivity index (χ0n) is 11.7. The molecule has 0 aliphatic carbocycles. The van der Waals surface area contributed by atoms with Crippen LogP contribution in [0.1, 0.15) is 42.4 Å². The van der Waals surface area contributed by atoms with E-state index in [0.29, 0.717) is 12.6 Å². The highest BCUT2D eigenvalue weighted by atomic mass is 16.2. The average molecular weight is 247 g/mol. The van der Waals surface area contributed by atoms with Gasteiger partial charge in [-0.3, -0.25) is 4.90 Å². The summed E-state index contributed by atoms with van der Waals surface area (Å²) in [7, 11) is 0. The predicted octanol–water partition coefficient (Wildman–Crippen LogP) is 3.04. The van der Waals surface area contributed by atoms with Crippen molar-refractivity contribution in [3.63, 3.8) is 0 Å². The maximum absolute atomic E-state index is 8.96. The van der Waals surface area contributed by atoms with E-state index in [1.807, 2.05) is 0 Å². The summed E-state index contributed by atoms with van der Waals surface area (Å²) >= 11 is 0. The Morgan fingerprint density at radius 3 is 2.61 bits per heavy atom. The van der Waals surface area contributed by atoms with Crippen molar-refractivity contribution >= 4 is 0 Å². The molecule has 1 aromatic rings. The highest BCUT2D eigenvalue weighted by Gasteiger charge is 2.23. The number of nitrogens with zero attached hydrogens (tertiary/aromatic N) is 1. The van der Waals surface area contributed by atoms with Crippen molar-refractivity contribution in [3.05, 3.63) is 34.9 Å². The zero-order valence-corrected chi connectivity index (χ0v) is 11.7. The Morgan fingerprint density at radius 2 is 1.94 bits per heavy atom. The van der Waals surface area contributed by atoms with E-state index in [-0.39, 0.29) is 0 Å². The van der Waals surface area contributed by atoms with Crippen LogP contribution in [0.15, 0.2) is 18.2 Å². The van der Waals surface area contributed by atoms with Crippen molar-refractivity contribution in [3.8, 4) is 0 Å². The summed E-state index contributed by atoms with van der Waals surface area (Å²) < 4.78 is 0. The van der Waals surface area contributed by atoms with E-state index in [1.54, 1.807) is 0 Å². The van der Waals surface area contributed by atoms with Crippen LogP contribution in [0.5, 0.6) is 0 Å². The third-order valence-corrected chi connectivity index (χ3v) is 3.86. The lowest BCUT2D eigenvalue weighted by Crippen LogP contribution is -2.29. The fraction of sp³-hybridized carbons (Fsp3) is 0.625. The molecule has 1 aromatic carbocycles. The number of hydrogen-bond acceptors (Lipinski definition) is 2. The van der Waals surface area contributed by atoms with Gasteiger partial charge < -0.3 is 5.11 Å². The number of aliphatic hydroxyl groups excluding tert-OH is 1. The van der Waals surface area contributed by atoms with Gasteiger partial charge >= 0.3 is 0 Å². The van der Waals surface area contributed by atoms with Crippen LogP contribution in [0.3, 0.4) is 0 Å². The minimum absolute atomic E-state index is 0.327. The Bertz CT molecular complexity index is 368. The van der Waals surface area contributed by atoms with Crippen LogP contribution in [0.4, 0.5) is 0 Å². The Morgan fingerprint density at radius 1 is 1.22 bits per heavy atom. The van der Waals surface area contributed by atoms with Gasteiger partial charge in [-0.1, -0.05) is 29.3 Å². The molecule has 1 atom stereocenters. The summed E-state index contributed by atoms with van der Waals surface area (Å²) in [6, 6.07) is 7.51. The Hall–Kier alpha value is -0.860. The number of benzene rings is 1. The second-order valence-electron chi connectivity index (χ2n) is 5.63. The molecule has 1 unspecified atom stereocenters. The van der Waals surface area contributed by atoms with Gasteiger partial charge in [0, 0.05) is 19.2 Å². The predicted molar refractivity (Wildman–Crippen MR) is 75.7 cm³/mol. The normalized spacial score (nSPS) is 20.5. The second kappa shape index (κ2) is 6.35. The number of aryl methyl sites for hydroxylation is 2. The third kappa shape index (κ3) is 3.56. The van der Waals surface area contributed by atoms with Gasteiger partial charge in [-0.05, 0) is 51.6 Å². The molecule has 1 aliphatic heterocycles. The van der Waals surface area contributed by atoms with Crippen LogP contribution in [-0.4, -0.2) is 29.2 Å². The maximum atomic E-state index is 8.96. The molecule has 1 heterocycles. The van der Waals surface area contributed by atoms with Crippen LogP contribution >= 0.6 is 0 Å². The van der Waals surface area contributed by atoms with Crippen LogP contribution in [0, 0.1) is 13.8 Å². The third-order valence-electron chi connectivity index (χ3n) is 3.86. The smallest absolute Gasteiger partial charge is 0.0431 e. The highest BCUT2D eigenvalue weighted by molar-refractivity contribution is 5.28.